The zero-order chi connectivity index (χ0) is 10.8. The molecule has 15 heavy (non-hydrogen) atoms. The third-order valence-corrected chi connectivity index (χ3v) is 2.80. The fourth-order valence-corrected chi connectivity index (χ4v) is 2.00. The summed E-state index contributed by atoms with van der Waals surface area (Å²) in [7, 11) is 0. The van der Waals surface area contributed by atoms with E-state index in [1.54, 1.807) is 0 Å². The van der Waals surface area contributed by atoms with E-state index < -0.39 is 0 Å². The molecular weight excluding hydrogens is 186 g/mol. The van der Waals surface area contributed by atoms with Gasteiger partial charge in [0.15, 0.2) is 0 Å². The maximum atomic E-state index is 5.62. The lowest BCUT2D eigenvalue weighted by Crippen LogP contribution is -2.08. The fourth-order valence-electron chi connectivity index (χ4n) is 2.00. The smallest absolute Gasteiger partial charge is 0.128 e. The lowest BCUT2D eigenvalue weighted by Gasteiger charge is -2.22. The molecule has 0 fully saturated rings. The van der Waals surface area contributed by atoms with Crippen molar-refractivity contribution in [2.45, 2.75) is 20.3 Å². The minimum absolute atomic E-state index is 0.756. The van der Waals surface area contributed by atoms with Crippen LogP contribution in [-0.4, -0.2) is 13.3 Å². The summed E-state index contributed by atoms with van der Waals surface area (Å²) in [5.41, 5.74) is 4.54. The number of hydrogen-bond acceptors (Lipinski definition) is 2. The van der Waals surface area contributed by atoms with Crippen molar-refractivity contribution >= 4 is 18.0 Å². The normalized spacial score (nSPS) is 17.1. The molecule has 2 rings (SSSR count). The van der Waals surface area contributed by atoms with E-state index in [4.69, 9.17) is 4.74 Å². The molecule has 0 aliphatic carbocycles. The van der Waals surface area contributed by atoms with Crippen molar-refractivity contribution < 1.29 is 4.74 Å². The highest BCUT2D eigenvalue weighted by Crippen LogP contribution is 2.41. The molecule has 0 unspecified atom stereocenters. The van der Waals surface area contributed by atoms with Crippen LogP contribution in [0.25, 0.3) is 5.57 Å². The third kappa shape index (κ3) is 1.56. The van der Waals surface area contributed by atoms with Crippen molar-refractivity contribution in [2.24, 2.45) is 4.99 Å². The summed E-state index contributed by atoms with van der Waals surface area (Å²) in [6.07, 6.45) is 3.09. The molecule has 0 spiro atoms. The fraction of sp³-hybridized carbons (Fsp3) is 0.308. The van der Waals surface area contributed by atoms with Gasteiger partial charge in [0.05, 0.1) is 12.3 Å². The van der Waals surface area contributed by atoms with E-state index in [-0.39, 0.29) is 0 Å². The zero-order valence-electron chi connectivity index (χ0n) is 9.21. The van der Waals surface area contributed by atoms with Crippen molar-refractivity contribution in [3.05, 3.63) is 29.3 Å². The molecule has 1 aliphatic heterocycles. The van der Waals surface area contributed by atoms with Gasteiger partial charge >= 0.3 is 0 Å². The molecule has 0 amide bonds. The summed E-state index contributed by atoms with van der Waals surface area (Å²) in [6, 6.07) is 4.05. The van der Waals surface area contributed by atoms with Gasteiger partial charge < -0.3 is 4.74 Å². The highest BCUT2D eigenvalue weighted by Gasteiger charge is 2.19. The number of benzene rings is 1. The Kier molecular flexibility index (Phi) is 2.58. The molecule has 2 heteroatoms. The number of ether oxygens (including phenoxy) is 1. The van der Waals surface area contributed by atoms with Crippen LogP contribution in [0.15, 0.2) is 23.2 Å². The highest BCUT2D eigenvalue weighted by molar-refractivity contribution is 5.82. The molecule has 0 saturated carbocycles. The van der Waals surface area contributed by atoms with E-state index in [0.717, 1.165) is 35.6 Å². The third-order valence-electron chi connectivity index (χ3n) is 2.80. The van der Waals surface area contributed by atoms with Gasteiger partial charge in [0.2, 0.25) is 0 Å². The number of nitrogens with zero attached hydrogens (tertiary/aromatic N) is 1. The SMILES string of the molecule is C=Nc1c(C)ccc2c1/C(=C\C)CCO2. The van der Waals surface area contributed by atoms with Crippen LogP contribution >= 0.6 is 0 Å². The zero-order valence-corrected chi connectivity index (χ0v) is 9.21. The molecule has 2 nitrogen and oxygen atoms in total. The van der Waals surface area contributed by atoms with Crippen LogP contribution < -0.4 is 4.74 Å². The molecule has 0 N–H and O–H groups in total. The van der Waals surface area contributed by atoms with Crippen LogP contribution in [0.5, 0.6) is 5.75 Å². The van der Waals surface area contributed by atoms with Crippen molar-refractivity contribution in [3.8, 4) is 5.75 Å². The number of aliphatic imine (C=N–C) groups is 1. The second-order valence-electron chi connectivity index (χ2n) is 3.67. The van der Waals surface area contributed by atoms with Crippen LogP contribution in [0.3, 0.4) is 0 Å². The van der Waals surface area contributed by atoms with Crippen molar-refractivity contribution in [2.75, 3.05) is 6.61 Å². The Balaban J connectivity index is 2.70. The largest absolute Gasteiger partial charge is 0.493 e. The predicted molar refractivity (Wildman–Crippen MR) is 64.2 cm³/mol. The van der Waals surface area contributed by atoms with E-state index in [1.807, 2.05) is 19.1 Å². The van der Waals surface area contributed by atoms with Gasteiger partial charge in [-0.2, -0.15) is 0 Å². The van der Waals surface area contributed by atoms with Crippen molar-refractivity contribution in [1.29, 1.82) is 0 Å². The van der Waals surface area contributed by atoms with Gasteiger partial charge in [-0.25, -0.2) is 0 Å². The number of aryl methyl sites for hydroxylation is 1. The molecule has 0 radical (unpaired) electrons. The second kappa shape index (κ2) is 3.89. The van der Waals surface area contributed by atoms with Crippen molar-refractivity contribution in [1.82, 2.24) is 0 Å². The molecule has 0 saturated heterocycles. The lowest BCUT2D eigenvalue weighted by atomic mass is 9.95. The lowest BCUT2D eigenvalue weighted by molar-refractivity contribution is 0.316. The molecule has 0 aromatic heterocycles. The number of fused-ring (bicyclic) bond motifs is 1. The molecule has 1 aromatic carbocycles. The Hall–Kier alpha value is -1.57. The Morgan fingerprint density at radius 1 is 1.47 bits per heavy atom. The summed E-state index contributed by atoms with van der Waals surface area (Å²) in [4.78, 5) is 4.11. The second-order valence-corrected chi connectivity index (χ2v) is 3.67. The molecular formula is C13H15NO. The van der Waals surface area contributed by atoms with Gasteiger partial charge in [-0.15, -0.1) is 0 Å². The van der Waals surface area contributed by atoms with Gasteiger partial charge in [0, 0.05) is 12.0 Å². The first-order valence-electron chi connectivity index (χ1n) is 5.16. The Bertz CT molecular complexity index is 432. The maximum Gasteiger partial charge on any atom is 0.128 e. The van der Waals surface area contributed by atoms with E-state index in [1.165, 1.54) is 5.57 Å². The van der Waals surface area contributed by atoms with E-state index >= 15 is 0 Å². The summed E-state index contributed by atoms with van der Waals surface area (Å²) < 4.78 is 5.62. The minimum Gasteiger partial charge on any atom is -0.493 e. The topological polar surface area (TPSA) is 21.6 Å². The number of allylic oxidation sites excluding steroid dienone is 1. The van der Waals surface area contributed by atoms with Crippen LogP contribution in [0.2, 0.25) is 0 Å². The van der Waals surface area contributed by atoms with E-state index in [9.17, 15) is 0 Å². The van der Waals surface area contributed by atoms with Crippen LogP contribution in [0, 0.1) is 6.92 Å². The maximum absolute atomic E-state index is 5.62. The summed E-state index contributed by atoms with van der Waals surface area (Å²) >= 11 is 0. The molecule has 1 heterocycles. The Morgan fingerprint density at radius 3 is 2.93 bits per heavy atom. The first kappa shape index (κ1) is 9.97. The number of rotatable bonds is 1. The highest BCUT2D eigenvalue weighted by atomic mass is 16.5. The first-order chi connectivity index (χ1) is 7.27. The molecule has 1 aromatic rings. The quantitative estimate of drug-likeness (QED) is 0.637. The minimum atomic E-state index is 0.756. The Morgan fingerprint density at radius 2 is 2.27 bits per heavy atom. The standard InChI is InChI=1S/C13H15NO/c1-4-10-7-8-15-11-6-5-9(2)13(14-3)12(10)11/h4-6H,3,7-8H2,1-2H3/b10-4-. The van der Waals surface area contributed by atoms with E-state index in [0.29, 0.717) is 0 Å². The average molecular weight is 201 g/mol. The molecule has 0 atom stereocenters. The summed E-state index contributed by atoms with van der Waals surface area (Å²) in [5, 5.41) is 0. The van der Waals surface area contributed by atoms with Crippen molar-refractivity contribution in [3.63, 3.8) is 0 Å². The van der Waals surface area contributed by atoms with Gasteiger partial charge in [-0.3, -0.25) is 4.99 Å². The molecule has 0 bridgehead atoms. The van der Waals surface area contributed by atoms with Crippen LogP contribution in [-0.2, 0) is 0 Å². The van der Waals surface area contributed by atoms with Gasteiger partial charge in [-0.05, 0) is 37.8 Å². The molecule has 78 valence electrons. The van der Waals surface area contributed by atoms with Crippen LogP contribution in [0.1, 0.15) is 24.5 Å². The summed E-state index contributed by atoms with van der Waals surface area (Å²) in [5.74, 6) is 0.933. The molecule has 1 aliphatic rings. The van der Waals surface area contributed by atoms with Gasteiger partial charge in [-0.1, -0.05) is 12.1 Å². The van der Waals surface area contributed by atoms with Crippen LogP contribution in [0.4, 0.5) is 5.69 Å². The number of hydrogen-bond donors (Lipinski definition) is 0. The first-order valence-corrected chi connectivity index (χ1v) is 5.16. The van der Waals surface area contributed by atoms with Gasteiger partial charge in [0.1, 0.15) is 5.75 Å². The monoisotopic (exact) mass is 201 g/mol. The van der Waals surface area contributed by atoms with Gasteiger partial charge in [0.25, 0.3) is 0 Å². The Labute approximate surface area is 90.3 Å². The average Bonchev–Trinajstić information content (AvgIpc) is 2.28. The van der Waals surface area contributed by atoms with E-state index in [2.05, 4.69) is 24.7 Å². The summed E-state index contributed by atoms with van der Waals surface area (Å²) in [6.45, 7) is 8.50. The predicted octanol–water partition coefficient (Wildman–Crippen LogP) is 3.51.